The molecule has 1 nitrogen and oxygen atoms in total. The highest BCUT2D eigenvalue weighted by molar-refractivity contribution is 5.01. The quantitative estimate of drug-likeness (QED) is 0.657. The van der Waals surface area contributed by atoms with E-state index in [1.807, 2.05) is 0 Å². The van der Waals surface area contributed by atoms with Crippen LogP contribution in [0.1, 0.15) is 40.0 Å². The summed E-state index contributed by atoms with van der Waals surface area (Å²) in [7, 11) is 0. The summed E-state index contributed by atoms with van der Waals surface area (Å²) in [6, 6.07) is 0. The minimum atomic E-state index is -1.19. The molecule has 1 aliphatic carbocycles. The van der Waals surface area contributed by atoms with Gasteiger partial charge in [0, 0.05) is 5.54 Å². The van der Waals surface area contributed by atoms with Gasteiger partial charge in [-0.25, -0.2) is 4.39 Å². The minimum Gasteiger partial charge on any atom is -0.323 e. The molecule has 0 aromatic carbocycles. The monoisotopic (exact) mass is 159 g/mol. The molecule has 0 heterocycles. The topological polar surface area (TPSA) is 26.0 Å². The first-order valence-electron chi connectivity index (χ1n) is 4.33. The summed E-state index contributed by atoms with van der Waals surface area (Å²) in [6.07, 6.45) is 3.18. The van der Waals surface area contributed by atoms with Crippen molar-refractivity contribution in [3.05, 3.63) is 0 Å². The van der Waals surface area contributed by atoms with Crippen LogP contribution in [0.4, 0.5) is 4.39 Å². The van der Waals surface area contributed by atoms with E-state index in [1.54, 1.807) is 20.8 Å². The SMILES string of the molecule is CC(C)(N)C(C)(F)C1CCC1. The Morgan fingerprint density at radius 3 is 1.82 bits per heavy atom. The van der Waals surface area contributed by atoms with E-state index in [1.165, 1.54) is 6.42 Å². The van der Waals surface area contributed by atoms with E-state index in [2.05, 4.69) is 0 Å². The highest BCUT2D eigenvalue weighted by atomic mass is 19.1. The van der Waals surface area contributed by atoms with Gasteiger partial charge in [0.1, 0.15) is 5.67 Å². The Hall–Kier alpha value is -0.110. The number of rotatable bonds is 2. The first kappa shape index (κ1) is 8.98. The van der Waals surface area contributed by atoms with Crippen LogP contribution in [-0.2, 0) is 0 Å². The molecule has 1 unspecified atom stereocenters. The van der Waals surface area contributed by atoms with Crippen molar-refractivity contribution in [1.82, 2.24) is 0 Å². The molecule has 2 heteroatoms. The Morgan fingerprint density at radius 2 is 1.73 bits per heavy atom. The predicted molar refractivity (Wildman–Crippen MR) is 45.1 cm³/mol. The molecule has 0 radical (unpaired) electrons. The van der Waals surface area contributed by atoms with Crippen molar-refractivity contribution in [3.8, 4) is 0 Å². The van der Waals surface area contributed by atoms with Crippen LogP contribution in [0.25, 0.3) is 0 Å². The third kappa shape index (κ3) is 1.41. The third-order valence-corrected chi connectivity index (χ3v) is 3.13. The van der Waals surface area contributed by atoms with Gasteiger partial charge in [0.25, 0.3) is 0 Å². The van der Waals surface area contributed by atoms with Crippen LogP contribution in [0.3, 0.4) is 0 Å². The summed E-state index contributed by atoms with van der Waals surface area (Å²) in [4.78, 5) is 0. The maximum absolute atomic E-state index is 13.9. The largest absolute Gasteiger partial charge is 0.323 e. The van der Waals surface area contributed by atoms with Crippen molar-refractivity contribution in [2.24, 2.45) is 11.7 Å². The van der Waals surface area contributed by atoms with Crippen LogP contribution in [0.5, 0.6) is 0 Å². The Labute approximate surface area is 68.2 Å². The van der Waals surface area contributed by atoms with E-state index in [-0.39, 0.29) is 5.92 Å². The highest BCUT2D eigenvalue weighted by Gasteiger charge is 2.47. The number of alkyl halides is 1. The summed E-state index contributed by atoms with van der Waals surface area (Å²) >= 11 is 0. The van der Waals surface area contributed by atoms with E-state index in [9.17, 15) is 4.39 Å². The van der Waals surface area contributed by atoms with Gasteiger partial charge in [0.05, 0.1) is 0 Å². The molecule has 2 N–H and O–H groups in total. The van der Waals surface area contributed by atoms with Crippen molar-refractivity contribution in [1.29, 1.82) is 0 Å². The molecule has 1 aliphatic rings. The summed E-state index contributed by atoms with van der Waals surface area (Å²) < 4.78 is 13.9. The van der Waals surface area contributed by atoms with Gasteiger partial charge in [0.2, 0.25) is 0 Å². The molecule has 0 aromatic rings. The fraction of sp³-hybridized carbons (Fsp3) is 1.00. The highest BCUT2D eigenvalue weighted by Crippen LogP contribution is 2.43. The summed E-state index contributed by atoms with van der Waals surface area (Å²) in [5, 5.41) is 0. The average molecular weight is 159 g/mol. The number of nitrogens with two attached hydrogens (primary N) is 1. The normalized spacial score (nSPS) is 25.9. The molecule has 1 atom stereocenters. The number of hydrogen-bond donors (Lipinski definition) is 1. The van der Waals surface area contributed by atoms with Gasteiger partial charge < -0.3 is 5.73 Å². The first-order valence-corrected chi connectivity index (χ1v) is 4.33. The average Bonchev–Trinajstić information content (AvgIpc) is 1.53. The van der Waals surface area contributed by atoms with Gasteiger partial charge in [-0.3, -0.25) is 0 Å². The fourth-order valence-electron chi connectivity index (χ4n) is 1.48. The van der Waals surface area contributed by atoms with Crippen molar-refractivity contribution in [2.75, 3.05) is 0 Å². The minimum absolute atomic E-state index is 0.197. The Balaban J connectivity index is 2.64. The zero-order chi connectivity index (χ0) is 8.70. The molecule has 0 aliphatic heterocycles. The lowest BCUT2D eigenvalue weighted by Crippen LogP contribution is -2.57. The van der Waals surface area contributed by atoms with Gasteiger partial charge in [-0.15, -0.1) is 0 Å². The van der Waals surface area contributed by atoms with E-state index in [4.69, 9.17) is 5.73 Å². The molecule has 0 saturated heterocycles. The molecular weight excluding hydrogens is 141 g/mol. The lowest BCUT2D eigenvalue weighted by molar-refractivity contribution is -0.00819. The molecular formula is C9H18FN. The van der Waals surface area contributed by atoms with Crippen molar-refractivity contribution < 1.29 is 4.39 Å². The number of hydrogen-bond acceptors (Lipinski definition) is 1. The van der Waals surface area contributed by atoms with Crippen LogP contribution >= 0.6 is 0 Å². The van der Waals surface area contributed by atoms with Gasteiger partial charge in [0.15, 0.2) is 0 Å². The lowest BCUT2D eigenvalue weighted by Gasteiger charge is -2.44. The van der Waals surface area contributed by atoms with Crippen molar-refractivity contribution in [3.63, 3.8) is 0 Å². The fourth-order valence-corrected chi connectivity index (χ4v) is 1.48. The van der Waals surface area contributed by atoms with Crippen LogP contribution in [0, 0.1) is 5.92 Å². The number of halogens is 1. The van der Waals surface area contributed by atoms with Gasteiger partial charge in [-0.1, -0.05) is 6.42 Å². The zero-order valence-electron chi connectivity index (χ0n) is 7.65. The molecule has 0 aromatic heterocycles. The van der Waals surface area contributed by atoms with E-state index >= 15 is 0 Å². The van der Waals surface area contributed by atoms with E-state index < -0.39 is 11.2 Å². The summed E-state index contributed by atoms with van der Waals surface area (Å²) in [6.45, 7) is 5.17. The van der Waals surface area contributed by atoms with Crippen molar-refractivity contribution in [2.45, 2.75) is 51.2 Å². The zero-order valence-corrected chi connectivity index (χ0v) is 7.65. The maximum Gasteiger partial charge on any atom is 0.128 e. The molecule has 11 heavy (non-hydrogen) atoms. The van der Waals surface area contributed by atoms with Crippen LogP contribution in [-0.4, -0.2) is 11.2 Å². The molecule has 1 fully saturated rings. The molecule has 1 rings (SSSR count). The lowest BCUT2D eigenvalue weighted by atomic mass is 9.67. The Morgan fingerprint density at radius 1 is 1.27 bits per heavy atom. The predicted octanol–water partition coefficient (Wildman–Crippen LogP) is 2.25. The van der Waals surface area contributed by atoms with E-state index in [0.717, 1.165) is 12.8 Å². The molecule has 0 spiro atoms. The second kappa shape index (κ2) is 2.44. The standard InChI is InChI=1S/C9H18FN/c1-8(2,11)9(3,10)7-5-4-6-7/h7H,4-6,11H2,1-3H3. The van der Waals surface area contributed by atoms with Gasteiger partial charge in [-0.2, -0.15) is 0 Å². The molecule has 0 bridgehead atoms. The smallest absolute Gasteiger partial charge is 0.128 e. The first-order chi connectivity index (χ1) is 4.86. The second-order valence-corrected chi connectivity index (χ2v) is 4.43. The van der Waals surface area contributed by atoms with Crippen molar-refractivity contribution >= 4 is 0 Å². The third-order valence-electron chi connectivity index (χ3n) is 3.13. The Kier molecular flexibility index (Phi) is 1.99. The molecule has 1 saturated carbocycles. The molecule has 66 valence electrons. The van der Waals surface area contributed by atoms with E-state index in [0.29, 0.717) is 0 Å². The van der Waals surface area contributed by atoms with Crippen LogP contribution < -0.4 is 5.73 Å². The van der Waals surface area contributed by atoms with Crippen LogP contribution in [0.2, 0.25) is 0 Å². The van der Waals surface area contributed by atoms with Crippen LogP contribution in [0.15, 0.2) is 0 Å². The Bertz CT molecular complexity index is 142. The second-order valence-electron chi connectivity index (χ2n) is 4.43. The van der Waals surface area contributed by atoms with Gasteiger partial charge >= 0.3 is 0 Å². The van der Waals surface area contributed by atoms with Gasteiger partial charge in [-0.05, 0) is 39.5 Å². The summed E-state index contributed by atoms with van der Waals surface area (Å²) in [5.41, 5.74) is 3.86. The molecule has 0 amide bonds. The summed E-state index contributed by atoms with van der Waals surface area (Å²) in [5.74, 6) is 0.197. The maximum atomic E-state index is 13.9.